The Morgan fingerprint density at radius 3 is 2.50 bits per heavy atom. The highest BCUT2D eigenvalue weighted by Gasteiger charge is 2.27. The van der Waals surface area contributed by atoms with Gasteiger partial charge in [0, 0.05) is 25.2 Å². The molecule has 0 aromatic rings. The van der Waals surface area contributed by atoms with Gasteiger partial charge in [-0.1, -0.05) is 25.7 Å². The standard InChI is InChI=1S/C15H31N3/c1-17-10-9-13(11-17)12-18(2)15-8-6-4-3-5-7-14(15)16/h13-15H,3-12,16H2,1-2H3. The first-order valence-corrected chi connectivity index (χ1v) is 7.81. The second kappa shape index (κ2) is 6.88. The molecule has 0 amide bonds. The zero-order valence-electron chi connectivity index (χ0n) is 12.3. The summed E-state index contributed by atoms with van der Waals surface area (Å²) in [5.41, 5.74) is 6.40. The Bertz CT molecular complexity index is 244. The van der Waals surface area contributed by atoms with Crippen molar-refractivity contribution in [1.82, 2.24) is 9.80 Å². The highest BCUT2D eigenvalue weighted by Crippen LogP contribution is 2.22. The largest absolute Gasteiger partial charge is 0.326 e. The second-order valence-electron chi connectivity index (χ2n) is 6.58. The van der Waals surface area contributed by atoms with Crippen LogP contribution in [0.5, 0.6) is 0 Å². The van der Waals surface area contributed by atoms with Gasteiger partial charge in [-0.25, -0.2) is 0 Å². The zero-order valence-corrected chi connectivity index (χ0v) is 12.3. The number of nitrogens with two attached hydrogens (primary N) is 1. The summed E-state index contributed by atoms with van der Waals surface area (Å²) < 4.78 is 0. The molecular formula is C15H31N3. The van der Waals surface area contributed by atoms with Gasteiger partial charge in [0.25, 0.3) is 0 Å². The van der Waals surface area contributed by atoms with E-state index in [4.69, 9.17) is 5.73 Å². The van der Waals surface area contributed by atoms with Crippen molar-refractivity contribution in [1.29, 1.82) is 0 Å². The van der Waals surface area contributed by atoms with Crippen LogP contribution in [0.3, 0.4) is 0 Å². The summed E-state index contributed by atoms with van der Waals surface area (Å²) in [5.74, 6) is 0.859. The molecule has 2 rings (SSSR count). The SMILES string of the molecule is CN1CCC(CN(C)C2CCCCCCC2N)C1. The predicted molar refractivity (Wildman–Crippen MR) is 77.7 cm³/mol. The topological polar surface area (TPSA) is 32.5 Å². The van der Waals surface area contributed by atoms with E-state index in [2.05, 4.69) is 23.9 Å². The third kappa shape index (κ3) is 3.94. The van der Waals surface area contributed by atoms with Crippen LogP contribution in [0, 0.1) is 5.92 Å². The van der Waals surface area contributed by atoms with Crippen molar-refractivity contribution in [3.63, 3.8) is 0 Å². The molecule has 1 saturated heterocycles. The Balaban J connectivity index is 1.83. The number of nitrogens with zero attached hydrogens (tertiary/aromatic N) is 2. The Kier molecular flexibility index (Phi) is 5.46. The minimum atomic E-state index is 0.398. The lowest BCUT2D eigenvalue weighted by atomic mass is 9.91. The lowest BCUT2D eigenvalue weighted by molar-refractivity contribution is 0.159. The Hall–Kier alpha value is -0.120. The molecule has 0 radical (unpaired) electrons. The molecule has 1 aliphatic carbocycles. The van der Waals surface area contributed by atoms with Gasteiger partial charge in [0.2, 0.25) is 0 Å². The van der Waals surface area contributed by atoms with E-state index < -0.39 is 0 Å². The Labute approximate surface area is 113 Å². The Morgan fingerprint density at radius 2 is 1.83 bits per heavy atom. The molecule has 0 bridgehead atoms. The van der Waals surface area contributed by atoms with Crippen molar-refractivity contribution in [3.8, 4) is 0 Å². The van der Waals surface area contributed by atoms with E-state index in [1.165, 1.54) is 64.6 Å². The smallest absolute Gasteiger partial charge is 0.0244 e. The quantitative estimate of drug-likeness (QED) is 0.834. The monoisotopic (exact) mass is 253 g/mol. The van der Waals surface area contributed by atoms with Crippen LogP contribution in [0.2, 0.25) is 0 Å². The number of hydrogen-bond acceptors (Lipinski definition) is 3. The van der Waals surface area contributed by atoms with Crippen LogP contribution in [0.25, 0.3) is 0 Å². The molecule has 3 unspecified atom stereocenters. The third-order valence-electron chi connectivity index (χ3n) is 4.88. The lowest BCUT2D eigenvalue weighted by Crippen LogP contribution is -2.48. The molecule has 3 atom stereocenters. The van der Waals surface area contributed by atoms with Gasteiger partial charge in [0.1, 0.15) is 0 Å². The van der Waals surface area contributed by atoms with Gasteiger partial charge in [0.05, 0.1) is 0 Å². The van der Waals surface area contributed by atoms with Gasteiger partial charge in [0.15, 0.2) is 0 Å². The molecule has 2 fully saturated rings. The molecule has 1 heterocycles. The maximum absolute atomic E-state index is 6.40. The van der Waals surface area contributed by atoms with Crippen LogP contribution in [0.4, 0.5) is 0 Å². The van der Waals surface area contributed by atoms with Crippen molar-refractivity contribution in [3.05, 3.63) is 0 Å². The van der Waals surface area contributed by atoms with Crippen molar-refractivity contribution in [2.75, 3.05) is 33.7 Å². The number of hydrogen-bond donors (Lipinski definition) is 1. The van der Waals surface area contributed by atoms with E-state index in [9.17, 15) is 0 Å². The maximum atomic E-state index is 6.40. The Morgan fingerprint density at radius 1 is 1.11 bits per heavy atom. The molecule has 1 aliphatic heterocycles. The molecule has 3 heteroatoms. The predicted octanol–water partition coefficient (Wildman–Crippen LogP) is 1.92. The first kappa shape index (κ1) is 14.3. The summed E-state index contributed by atoms with van der Waals surface area (Å²) in [6, 6.07) is 1.02. The molecular weight excluding hydrogens is 222 g/mol. The molecule has 18 heavy (non-hydrogen) atoms. The van der Waals surface area contributed by atoms with E-state index in [0.29, 0.717) is 12.1 Å². The fraction of sp³-hybridized carbons (Fsp3) is 1.00. The molecule has 0 aromatic carbocycles. The lowest BCUT2D eigenvalue weighted by Gasteiger charge is -2.35. The maximum Gasteiger partial charge on any atom is 0.0244 e. The van der Waals surface area contributed by atoms with Crippen LogP contribution in [-0.4, -0.2) is 55.6 Å². The van der Waals surface area contributed by atoms with Gasteiger partial charge < -0.3 is 15.5 Å². The van der Waals surface area contributed by atoms with Gasteiger partial charge in [-0.2, -0.15) is 0 Å². The fourth-order valence-corrected chi connectivity index (χ4v) is 3.76. The van der Waals surface area contributed by atoms with Crippen LogP contribution in [-0.2, 0) is 0 Å². The van der Waals surface area contributed by atoms with Crippen molar-refractivity contribution >= 4 is 0 Å². The van der Waals surface area contributed by atoms with E-state index >= 15 is 0 Å². The van der Waals surface area contributed by atoms with E-state index in [1.54, 1.807) is 0 Å². The number of likely N-dealkylation sites (tertiary alicyclic amines) is 1. The van der Waals surface area contributed by atoms with Crippen LogP contribution < -0.4 is 5.73 Å². The average molecular weight is 253 g/mol. The van der Waals surface area contributed by atoms with Crippen molar-refractivity contribution in [2.45, 2.75) is 57.0 Å². The van der Waals surface area contributed by atoms with Crippen LogP contribution in [0.1, 0.15) is 44.9 Å². The number of likely N-dealkylation sites (N-methyl/N-ethyl adjacent to an activating group) is 1. The third-order valence-corrected chi connectivity index (χ3v) is 4.88. The highest BCUT2D eigenvalue weighted by molar-refractivity contribution is 4.85. The molecule has 3 nitrogen and oxygen atoms in total. The molecule has 2 aliphatic rings. The van der Waals surface area contributed by atoms with E-state index in [0.717, 1.165) is 5.92 Å². The summed E-state index contributed by atoms with van der Waals surface area (Å²) in [5, 5.41) is 0. The van der Waals surface area contributed by atoms with Gasteiger partial charge >= 0.3 is 0 Å². The summed E-state index contributed by atoms with van der Waals surface area (Å²) in [6.07, 6.45) is 9.38. The van der Waals surface area contributed by atoms with Crippen molar-refractivity contribution in [2.24, 2.45) is 11.7 Å². The average Bonchev–Trinajstić information content (AvgIpc) is 2.69. The van der Waals surface area contributed by atoms with Gasteiger partial charge in [-0.05, 0) is 45.8 Å². The van der Waals surface area contributed by atoms with E-state index in [-0.39, 0.29) is 0 Å². The minimum absolute atomic E-state index is 0.398. The second-order valence-corrected chi connectivity index (χ2v) is 6.58. The summed E-state index contributed by atoms with van der Waals surface area (Å²) in [7, 11) is 4.53. The van der Waals surface area contributed by atoms with Crippen molar-refractivity contribution < 1.29 is 0 Å². The highest BCUT2D eigenvalue weighted by atomic mass is 15.2. The first-order valence-electron chi connectivity index (χ1n) is 7.81. The summed E-state index contributed by atoms with van der Waals surface area (Å²) in [6.45, 7) is 3.78. The minimum Gasteiger partial charge on any atom is -0.326 e. The molecule has 1 saturated carbocycles. The van der Waals surface area contributed by atoms with Crippen LogP contribution >= 0.6 is 0 Å². The summed E-state index contributed by atoms with van der Waals surface area (Å²) in [4.78, 5) is 5.02. The zero-order chi connectivity index (χ0) is 13.0. The molecule has 106 valence electrons. The fourth-order valence-electron chi connectivity index (χ4n) is 3.76. The van der Waals surface area contributed by atoms with Gasteiger partial charge in [-0.3, -0.25) is 0 Å². The molecule has 0 spiro atoms. The molecule has 0 aromatic heterocycles. The van der Waals surface area contributed by atoms with Crippen LogP contribution in [0.15, 0.2) is 0 Å². The first-order chi connectivity index (χ1) is 8.66. The number of rotatable bonds is 3. The molecule has 2 N–H and O–H groups in total. The van der Waals surface area contributed by atoms with E-state index in [1.807, 2.05) is 0 Å². The summed E-state index contributed by atoms with van der Waals surface area (Å²) >= 11 is 0. The normalized spacial score (nSPS) is 35.7. The van der Waals surface area contributed by atoms with Gasteiger partial charge in [-0.15, -0.1) is 0 Å².